The fourth-order valence-electron chi connectivity index (χ4n) is 2.46. The van der Waals surface area contributed by atoms with Crippen molar-refractivity contribution >= 4 is 34.8 Å². The highest BCUT2D eigenvalue weighted by Gasteiger charge is 2.18. The number of hydrogen-bond donors (Lipinski definition) is 1. The van der Waals surface area contributed by atoms with Crippen molar-refractivity contribution in [3.05, 3.63) is 47.1 Å². The minimum atomic E-state index is -0.594. The number of benzene rings is 1. The first-order chi connectivity index (χ1) is 13.5. The summed E-state index contributed by atoms with van der Waals surface area (Å²) in [4.78, 5) is 24.5. The molecular weight excluding hydrogens is 403 g/mol. The summed E-state index contributed by atoms with van der Waals surface area (Å²) >= 11 is 2.67. The van der Waals surface area contributed by atoms with Gasteiger partial charge < -0.3 is 15.0 Å². The van der Waals surface area contributed by atoms with E-state index in [9.17, 15) is 14.0 Å². The Bertz CT molecular complexity index is 989. The Morgan fingerprint density at radius 2 is 2.14 bits per heavy atom. The standard InChI is InChI=1S/C18H17FN4O3S2/c1-26-14-5-4-11(9-12(14)19)13(24)10-28-18-22-21-17(15-3-2-8-27-15)23(18)7-6-16(20)25/h2-5,8-9H,6-7,10H2,1H3,(H2,20,25). The number of methoxy groups -OCH3 is 1. The van der Waals surface area contributed by atoms with E-state index in [0.29, 0.717) is 17.5 Å². The van der Waals surface area contributed by atoms with Crippen LogP contribution >= 0.6 is 23.1 Å². The molecule has 2 heterocycles. The smallest absolute Gasteiger partial charge is 0.219 e. The molecule has 0 aliphatic carbocycles. The number of ether oxygens (including phenoxy) is 1. The van der Waals surface area contributed by atoms with Gasteiger partial charge >= 0.3 is 0 Å². The van der Waals surface area contributed by atoms with Gasteiger partial charge in [-0.2, -0.15) is 0 Å². The summed E-state index contributed by atoms with van der Waals surface area (Å²) in [6, 6.07) is 7.87. The molecule has 10 heteroatoms. The summed E-state index contributed by atoms with van der Waals surface area (Å²) in [5.41, 5.74) is 5.51. The van der Waals surface area contributed by atoms with Crippen molar-refractivity contribution in [2.45, 2.75) is 18.1 Å². The SMILES string of the molecule is COc1ccc(C(=O)CSc2nnc(-c3cccs3)n2CCC(N)=O)cc1F. The maximum atomic E-state index is 13.8. The lowest BCUT2D eigenvalue weighted by molar-refractivity contribution is -0.118. The largest absolute Gasteiger partial charge is 0.494 e. The van der Waals surface area contributed by atoms with Gasteiger partial charge in [0.25, 0.3) is 0 Å². The summed E-state index contributed by atoms with van der Waals surface area (Å²) in [6.45, 7) is 0.309. The van der Waals surface area contributed by atoms with Gasteiger partial charge in [-0.3, -0.25) is 9.59 Å². The van der Waals surface area contributed by atoms with E-state index in [1.165, 1.54) is 42.3 Å². The number of Topliss-reactive ketones (excluding diaryl/α,β-unsaturated/α-hetero) is 1. The number of thiophene rings is 1. The van der Waals surface area contributed by atoms with E-state index in [4.69, 9.17) is 10.5 Å². The predicted molar refractivity (Wildman–Crippen MR) is 105 cm³/mol. The number of nitrogens with two attached hydrogens (primary N) is 1. The van der Waals surface area contributed by atoms with E-state index < -0.39 is 11.7 Å². The van der Waals surface area contributed by atoms with Gasteiger partial charge in [-0.1, -0.05) is 17.8 Å². The first-order valence-electron chi connectivity index (χ1n) is 8.24. The van der Waals surface area contributed by atoms with Gasteiger partial charge in [0.05, 0.1) is 17.7 Å². The second kappa shape index (κ2) is 8.98. The molecule has 2 aromatic heterocycles. The van der Waals surface area contributed by atoms with Crippen LogP contribution in [0.4, 0.5) is 4.39 Å². The van der Waals surface area contributed by atoms with Crippen molar-refractivity contribution in [3.8, 4) is 16.5 Å². The molecule has 0 saturated carbocycles. The van der Waals surface area contributed by atoms with Crippen LogP contribution in [0.15, 0.2) is 40.9 Å². The lowest BCUT2D eigenvalue weighted by Gasteiger charge is -2.08. The molecule has 3 aromatic rings. The third kappa shape index (κ3) is 4.57. The molecule has 28 heavy (non-hydrogen) atoms. The summed E-state index contributed by atoms with van der Waals surface area (Å²) in [5, 5.41) is 10.7. The van der Waals surface area contributed by atoms with Crippen molar-refractivity contribution in [1.82, 2.24) is 14.8 Å². The summed E-state index contributed by atoms with van der Waals surface area (Å²) in [5.74, 6) is -0.550. The number of aromatic nitrogens is 3. The van der Waals surface area contributed by atoms with Crippen LogP contribution in [0.1, 0.15) is 16.8 Å². The van der Waals surface area contributed by atoms with E-state index in [0.717, 1.165) is 10.9 Å². The average Bonchev–Trinajstić information content (AvgIpc) is 3.33. The van der Waals surface area contributed by atoms with Gasteiger partial charge in [0.2, 0.25) is 5.91 Å². The number of halogens is 1. The van der Waals surface area contributed by atoms with Crippen molar-refractivity contribution in [2.24, 2.45) is 5.73 Å². The third-order valence-corrected chi connectivity index (χ3v) is 5.68. The van der Waals surface area contributed by atoms with Gasteiger partial charge in [-0.05, 0) is 29.6 Å². The highest BCUT2D eigenvalue weighted by molar-refractivity contribution is 7.99. The van der Waals surface area contributed by atoms with E-state index in [-0.39, 0.29) is 29.3 Å². The molecule has 0 aliphatic heterocycles. The fraction of sp³-hybridized carbons (Fsp3) is 0.222. The minimum absolute atomic E-state index is 0.0465. The molecule has 2 N–H and O–H groups in total. The molecule has 0 aliphatic rings. The Balaban J connectivity index is 1.77. The van der Waals surface area contributed by atoms with Crippen molar-refractivity contribution in [2.75, 3.05) is 12.9 Å². The summed E-state index contributed by atoms with van der Waals surface area (Å²) in [6.07, 6.45) is 0.127. The summed E-state index contributed by atoms with van der Waals surface area (Å²) < 4.78 is 20.4. The van der Waals surface area contributed by atoms with Crippen LogP contribution in [-0.2, 0) is 11.3 Å². The topological polar surface area (TPSA) is 100 Å². The van der Waals surface area contributed by atoms with Crippen molar-refractivity contribution < 1.29 is 18.7 Å². The van der Waals surface area contributed by atoms with Crippen LogP contribution in [0.5, 0.6) is 5.75 Å². The molecule has 1 aromatic carbocycles. The molecule has 3 rings (SSSR count). The first-order valence-corrected chi connectivity index (χ1v) is 10.1. The first kappa shape index (κ1) is 20.0. The number of nitrogens with zero attached hydrogens (tertiary/aromatic N) is 3. The molecule has 0 bridgehead atoms. The molecule has 146 valence electrons. The van der Waals surface area contributed by atoms with E-state index >= 15 is 0 Å². The van der Waals surface area contributed by atoms with Gasteiger partial charge in [0, 0.05) is 18.5 Å². The minimum Gasteiger partial charge on any atom is -0.494 e. The van der Waals surface area contributed by atoms with Gasteiger partial charge in [-0.15, -0.1) is 21.5 Å². The number of thioether (sulfide) groups is 1. The number of primary amides is 1. The van der Waals surface area contributed by atoms with Gasteiger partial charge in [-0.25, -0.2) is 4.39 Å². The lowest BCUT2D eigenvalue weighted by Crippen LogP contribution is -2.15. The lowest BCUT2D eigenvalue weighted by atomic mass is 10.1. The number of amides is 1. The Hall–Kier alpha value is -2.72. The third-order valence-electron chi connectivity index (χ3n) is 3.85. The Kier molecular flexibility index (Phi) is 6.42. The molecule has 0 atom stereocenters. The van der Waals surface area contributed by atoms with Crippen LogP contribution in [0, 0.1) is 5.82 Å². The zero-order valence-electron chi connectivity index (χ0n) is 14.9. The second-order valence-corrected chi connectivity index (χ2v) is 7.60. The van der Waals surface area contributed by atoms with E-state index in [2.05, 4.69) is 10.2 Å². The maximum absolute atomic E-state index is 13.8. The molecule has 0 unspecified atom stereocenters. The second-order valence-electron chi connectivity index (χ2n) is 5.71. The van der Waals surface area contributed by atoms with E-state index in [1.54, 1.807) is 4.57 Å². The quantitative estimate of drug-likeness (QED) is 0.422. The average molecular weight is 420 g/mol. The molecule has 0 saturated heterocycles. The Morgan fingerprint density at radius 3 is 2.79 bits per heavy atom. The van der Waals surface area contributed by atoms with Gasteiger partial charge in [0.15, 0.2) is 28.3 Å². The highest BCUT2D eigenvalue weighted by atomic mass is 32.2. The zero-order valence-corrected chi connectivity index (χ0v) is 16.6. The maximum Gasteiger partial charge on any atom is 0.219 e. The number of hydrogen-bond acceptors (Lipinski definition) is 7. The number of rotatable bonds is 9. The molecule has 7 nitrogen and oxygen atoms in total. The monoisotopic (exact) mass is 420 g/mol. The fourth-order valence-corrected chi connectivity index (χ4v) is 4.04. The zero-order chi connectivity index (χ0) is 20.1. The van der Waals surface area contributed by atoms with Crippen molar-refractivity contribution in [3.63, 3.8) is 0 Å². The number of ketones is 1. The van der Waals surface area contributed by atoms with Gasteiger partial charge in [0.1, 0.15) is 0 Å². The Morgan fingerprint density at radius 1 is 1.32 bits per heavy atom. The van der Waals surface area contributed by atoms with Crippen LogP contribution in [0.3, 0.4) is 0 Å². The number of carbonyl (C=O) groups is 2. The molecule has 0 fully saturated rings. The van der Waals surface area contributed by atoms with Crippen LogP contribution in [0.2, 0.25) is 0 Å². The highest BCUT2D eigenvalue weighted by Crippen LogP contribution is 2.28. The van der Waals surface area contributed by atoms with Crippen LogP contribution < -0.4 is 10.5 Å². The summed E-state index contributed by atoms with van der Waals surface area (Å²) in [7, 11) is 1.36. The predicted octanol–water partition coefficient (Wildman–Crippen LogP) is 3.00. The van der Waals surface area contributed by atoms with Crippen LogP contribution in [-0.4, -0.2) is 39.3 Å². The molecule has 0 spiro atoms. The molecular formula is C18H17FN4O3S2. The van der Waals surface area contributed by atoms with Crippen molar-refractivity contribution in [1.29, 1.82) is 0 Å². The van der Waals surface area contributed by atoms with Crippen LogP contribution in [0.25, 0.3) is 10.7 Å². The van der Waals surface area contributed by atoms with E-state index in [1.807, 2.05) is 17.5 Å². The Labute approximate surface area is 168 Å². The number of carbonyl (C=O) groups excluding carboxylic acids is 2. The molecule has 0 radical (unpaired) electrons. The normalized spacial score (nSPS) is 10.8. The molecule has 1 amide bonds.